The second kappa shape index (κ2) is 7.38. The van der Waals surface area contributed by atoms with Gasteiger partial charge >= 0.3 is 0 Å². The van der Waals surface area contributed by atoms with Gasteiger partial charge in [0.1, 0.15) is 5.15 Å². The molecule has 0 aliphatic carbocycles. The van der Waals surface area contributed by atoms with E-state index in [0.29, 0.717) is 11.1 Å². The molecule has 0 spiro atoms. The van der Waals surface area contributed by atoms with Crippen molar-refractivity contribution < 1.29 is 4.79 Å². The van der Waals surface area contributed by atoms with E-state index in [4.69, 9.17) is 11.6 Å². The van der Waals surface area contributed by atoms with Gasteiger partial charge in [0.15, 0.2) is 0 Å². The van der Waals surface area contributed by atoms with Crippen molar-refractivity contribution in [2.45, 2.75) is 27.3 Å². The average molecular weight is 371 g/mol. The minimum atomic E-state index is -0.201. The number of carbonyl (C=O) groups is 1. The van der Waals surface area contributed by atoms with Crippen LogP contribution in [-0.4, -0.2) is 20.3 Å². The van der Waals surface area contributed by atoms with E-state index in [-0.39, 0.29) is 5.91 Å². The Labute approximate surface area is 158 Å². The zero-order valence-electron chi connectivity index (χ0n) is 15.5. The first-order chi connectivity index (χ1) is 12.4. The van der Waals surface area contributed by atoms with Crippen molar-refractivity contribution in [3.05, 3.63) is 52.9 Å². The smallest absolute Gasteiger partial charge is 0.248 e. The molecule has 0 fully saturated rings. The maximum absolute atomic E-state index is 12.4. The fraction of sp³-hybridized carbons (Fsp3) is 0.300. The molecule has 0 aliphatic rings. The number of aromatic nitrogens is 3. The van der Waals surface area contributed by atoms with Crippen LogP contribution in [0.3, 0.4) is 0 Å². The molecule has 0 bridgehead atoms. The highest BCUT2D eigenvalue weighted by molar-refractivity contribution is 6.31. The van der Waals surface area contributed by atoms with Gasteiger partial charge in [0, 0.05) is 42.3 Å². The highest BCUT2D eigenvalue weighted by Gasteiger charge is 2.12. The van der Waals surface area contributed by atoms with Gasteiger partial charge in [-0.2, -0.15) is 5.10 Å². The normalized spacial score (nSPS) is 11.8. The SMILES string of the molecule is Cc1nn(CC(C)C)c(Cl)c1/C=C/C(=O)Nc1cccc2c1ccn2C. The Bertz CT molecular complexity index is 981. The van der Waals surface area contributed by atoms with Crippen LogP contribution in [0.15, 0.2) is 36.5 Å². The Morgan fingerprint density at radius 2 is 2.12 bits per heavy atom. The van der Waals surface area contributed by atoms with E-state index in [1.165, 1.54) is 6.08 Å². The van der Waals surface area contributed by atoms with E-state index in [0.717, 1.165) is 34.4 Å². The minimum absolute atomic E-state index is 0.201. The third-order valence-electron chi connectivity index (χ3n) is 4.23. The summed E-state index contributed by atoms with van der Waals surface area (Å²) in [6, 6.07) is 7.84. The number of aryl methyl sites for hydroxylation is 2. The first-order valence-electron chi connectivity index (χ1n) is 8.63. The zero-order valence-corrected chi connectivity index (χ0v) is 16.2. The first kappa shape index (κ1) is 18.3. The lowest BCUT2D eigenvalue weighted by Crippen LogP contribution is -2.08. The summed E-state index contributed by atoms with van der Waals surface area (Å²) in [6.45, 7) is 6.86. The van der Waals surface area contributed by atoms with Crippen LogP contribution >= 0.6 is 11.6 Å². The topological polar surface area (TPSA) is 51.9 Å². The Balaban J connectivity index is 1.79. The summed E-state index contributed by atoms with van der Waals surface area (Å²) in [5, 5.41) is 8.96. The monoisotopic (exact) mass is 370 g/mol. The lowest BCUT2D eigenvalue weighted by atomic mass is 10.2. The number of hydrogen-bond donors (Lipinski definition) is 1. The second-order valence-corrected chi connectivity index (χ2v) is 7.21. The third kappa shape index (κ3) is 3.68. The molecule has 0 radical (unpaired) electrons. The van der Waals surface area contributed by atoms with Gasteiger partial charge in [-0.3, -0.25) is 9.48 Å². The van der Waals surface area contributed by atoms with Crippen LogP contribution < -0.4 is 5.32 Å². The number of amides is 1. The molecular weight excluding hydrogens is 348 g/mol. The lowest BCUT2D eigenvalue weighted by molar-refractivity contribution is -0.111. The Kier molecular flexibility index (Phi) is 5.18. The predicted octanol–water partition coefficient (Wildman–Crippen LogP) is 4.64. The number of nitrogens with zero attached hydrogens (tertiary/aromatic N) is 3. The Morgan fingerprint density at radius 3 is 2.85 bits per heavy atom. The van der Waals surface area contributed by atoms with Crippen molar-refractivity contribution in [3.8, 4) is 0 Å². The molecule has 0 atom stereocenters. The molecule has 1 aromatic carbocycles. The number of halogens is 1. The lowest BCUT2D eigenvalue weighted by Gasteiger charge is -2.06. The summed E-state index contributed by atoms with van der Waals surface area (Å²) in [7, 11) is 1.98. The maximum atomic E-state index is 12.4. The quantitative estimate of drug-likeness (QED) is 0.665. The van der Waals surface area contributed by atoms with E-state index in [2.05, 4.69) is 24.3 Å². The first-order valence-corrected chi connectivity index (χ1v) is 9.00. The van der Waals surface area contributed by atoms with Crippen LogP contribution in [0.25, 0.3) is 17.0 Å². The van der Waals surface area contributed by atoms with Gasteiger partial charge in [-0.05, 0) is 37.1 Å². The third-order valence-corrected chi connectivity index (χ3v) is 4.63. The average Bonchev–Trinajstić information content (AvgIpc) is 3.07. The highest BCUT2D eigenvalue weighted by Crippen LogP contribution is 2.25. The van der Waals surface area contributed by atoms with E-state index >= 15 is 0 Å². The Morgan fingerprint density at radius 1 is 1.35 bits per heavy atom. The molecule has 26 heavy (non-hydrogen) atoms. The summed E-state index contributed by atoms with van der Waals surface area (Å²) in [4.78, 5) is 12.4. The molecule has 2 aromatic heterocycles. The minimum Gasteiger partial charge on any atom is -0.350 e. The van der Waals surface area contributed by atoms with Gasteiger partial charge in [-0.1, -0.05) is 31.5 Å². The van der Waals surface area contributed by atoms with Crippen molar-refractivity contribution in [2.24, 2.45) is 13.0 Å². The zero-order chi connectivity index (χ0) is 18.8. The van der Waals surface area contributed by atoms with E-state index in [1.54, 1.807) is 10.8 Å². The predicted molar refractivity (Wildman–Crippen MR) is 107 cm³/mol. The van der Waals surface area contributed by atoms with Gasteiger partial charge in [0.25, 0.3) is 0 Å². The molecular formula is C20H23ClN4O. The van der Waals surface area contributed by atoms with Crippen LogP contribution in [0.4, 0.5) is 5.69 Å². The van der Waals surface area contributed by atoms with Crippen LogP contribution in [0.1, 0.15) is 25.1 Å². The molecule has 3 aromatic rings. The van der Waals surface area contributed by atoms with Crippen molar-refractivity contribution in [2.75, 3.05) is 5.32 Å². The van der Waals surface area contributed by atoms with Gasteiger partial charge in [0.05, 0.1) is 11.4 Å². The molecule has 1 amide bonds. The van der Waals surface area contributed by atoms with Crippen molar-refractivity contribution in [1.82, 2.24) is 14.3 Å². The van der Waals surface area contributed by atoms with Crippen LogP contribution in [0.5, 0.6) is 0 Å². The van der Waals surface area contributed by atoms with Gasteiger partial charge in [-0.25, -0.2) is 0 Å². The molecule has 0 unspecified atom stereocenters. The largest absolute Gasteiger partial charge is 0.350 e. The summed E-state index contributed by atoms with van der Waals surface area (Å²) in [5.41, 5.74) is 3.45. The van der Waals surface area contributed by atoms with Gasteiger partial charge < -0.3 is 9.88 Å². The number of carbonyl (C=O) groups excluding carboxylic acids is 1. The number of nitrogens with one attached hydrogen (secondary N) is 1. The maximum Gasteiger partial charge on any atom is 0.248 e. The van der Waals surface area contributed by atoms with Crippen molar-refractivity contribution in [3.63, 3.8) is 0 Å². The molecule has 5 nitrogen and oxygen atoms in total. The van der Waals surface area contributed by atoms with Crippen LogP contribution in [0.2, 0.25) is 5.15 Å². The molecule has 136 valence electrons. The molecule has 0 saturated heterocycles. The molecule has 2 heterocycles. The van der Waals surface area contributed by atoms with Crippen molar-refractivity contribution >= 4 is 40.2 Å². The fourth-order valence-corrected chi connectivity index (χ4v) is 3.27. The van der Waals surface area contributed by atoms with E-state index < -0.39 is 0 Å². The molecule has 1 N–H and O–H groups in total. The molecule has 6 heteroatoms. The van der Waals surface area contributed by atoms with Gasteiger partial charge in [-0.15, -0.1) is 0 Å². The summed E-state index contributed by atoms with van der Waals surface area (Å²) in [5.74, 6) is 0.242. The number of rotatable bonds is 5. The molecule has 3 rings (SSSR count). The standard InChI is InChI=1S/C20H23ClN4O/c1-13(2)12-25-20(21)15(14(3)23-25)8-9-19(26)22-17-6-5-7-18-16(17)10-11-24(18)4/h5-11,13H,12H2,1-4H3,(H,22,26)/b9-8+. The van der Waals surface area contributed by atoms with Crippen molar-refractivity contribution in [1.29, 1.82) is 0 Å². The van der Waals surface area contributed by atoms with Crippen LogP contribution in [-0.2, 0) is 18.4 Å². The Hall–Kier alpha value is -2.53. The number of benzene rings is 1. The van der Waals surface area contributed by atoms with E-state index in [1.807, 2.05) is 49.0 Å². The highest BCUT2D eigenvalue weighted by atomic mass is 35.5. The second-order valence-electron chi connectivity index (χ2n) is 6.85. The van der Waals surface area contributed by atoms with Crippen LogP contribution in [0, 0.1) is 12.8 Å². The summed E-state index contributed by atoms with van der Waals surface area (Å²) in [6.07, 6.45) is 5.20. The summed E-state index contributed by atoms with van der Waals surface area (Å²) < 4.78 is 3.80. The van der Waals surface area contributed by atoms with E-state index in [9.17, 15) is 4.79 Å². The number of anilines is 1. The number of fused-ring (bicyclic) bond motifs is 1. The molecule has 0 aliphatic heterocycles. The summed E-state index contributed by atoms with van der Waals surface area (Å²) >= 11 is 6.41. The fourth-order valence-electron chi connectivity index (χ4n) is 2.97. The van der Waals surface area contributed by atoms with Gasteiger partial charge in [0.2, 0.25) is 5.91 Å². The molecule has 0 saturated carbocycles. The number of hydrogen-bond acceptors (Lipinski definition) is 2.